The highest BCUT2D eigenvalue weighted by Gasteiger charge is 2.36. The minimum absolute atomic E-state index is 0.0892. The molecule has 1 amide bonds. The lowest BCUT2D eigenvalue weighted by Gasteiger charge is -2.29. The van der Waals surface area contributed by atoms with Gasteiger partial charge in [-0.2, -0.15) is 0 Å². The zero-order chi connectivity index (χ0) is 24.6. The number of nitrogens with zero attached hydrogens (tertiary/aromatic N) is 1. The molecular formula is C29H31NO5. The lowest BCUT2D eigenvalue weighted by molar-refractivity contribution is -0.156. The van der Waals surface area contributed by atoms with E-state index in [1.54, 1.807) is 29.4 Å². The molecule has 0 saturated carbocycles. The van der Waals surface area contributed by atoms with Gasteiger partial charge >= 0.3 is 0 Å². The zero-order valence-corrected chi connectivity index (χ0v) is 20.0. The van der Waals surface area contributed by atoms with Crippen molar-refractivity contribution in [2.24, 2.45) is 0 Å². The van der Waals surface area contributed by atoms with Gasteiger partial charge in [-0.05, 0) is 42.7 Å². The lowest BCUT2D eigenvalue weighted by Crippen LogP contribution is -2.43. The molecule has 0 radical (unpaired) electrons. The molecule has 3 aromatic carbocycles. The highest BCUT2D eigenvalue weighted by molar-refractivity contribution is 5.83. The average molecular weight is 474 g/mol. The highest BCUT2D eigenvalue weighted by atomic mass is 16.5. The average Bonchev–Trinajstić information content (AvgIpc) is 3.34. The van der Waals surface area contributed by atoms with Gasteiger partial charge in [-0.1, -0.05) is 72.8 Å². The van der Waals surface area contributed by atoms with Gasteiger partial charge in [0, 0.05) is 6.42 Å². The number of hydrogen-bond donors (Lipinski definition) is 1. The van der Waals surface area contributed by atoms with Crippen molar-refractivity contribution in [2.45, 2.75) is 45.2 Å². The van der Waals surface area contributed by atoms with E-state index in [0.717, 1.165) is 16.8 Å². The minimum atomic E-state index is -1.18. The van der Waals surface area contributed by atoms with Crippen LogP contribution >= 0.6 is 0 Å². The zero-order valence-electron chi connectivity index (χ0n) is 20.0. The van der Waals surface area contributed by atoms with E-state index in [0.29, 0.717) is 24.3 Å². The van der Waals surface area contributed by atoms with E-state index >= 15 is 0 Å². The predicted octanol–water partition coefficient (Wildman–Crippen LogP) is 4.99. The molecule has 4 rings (SSSR count). The van der Waals surface area contributed by atoms with Crippen molar-refractivity contribution in [3.63, 3.8) is 0 Å². The van der Waals surface area contributed by atoms with Crippen molar-refractivity contribution < 1.29 is 24.1 Å². The number of carbonyl (C=O) groups is 1. The Balaban J connectivity index is 1.49. The molecule has 0 bridgehead atoms. The number of benzene rings is 3. The topological polar surface area (TPSA) is 68.2 Å². The Hall–Kier alpha value is -3.61. The van der Waals surface area contributed by atoms with Crippen LogP contribution < -0.4 is 4.74 Å². The fraction of sp³-hybridized carbons (Fsp3) is 0.276. The second-order valence-corrected chi connectivity index (χ2v) is 8.73. The number of carbonyl (C=O) groups excluding carboxylic acids is 1. The Labute approximate surface area is 206 Å². The van der Waals surface area contributed by atoms with Gasteiger partial charge < -0.3 is 19.3 Å². The second-order valence-electron chi connectivity index (χ2n) is 8.73. The fourth-order valence-electron chi connectivity index (χ4n) is 3.92. The predicted molar refractivity (Wildman–Crippen MR) is 133 cm³/mol. The van der Waals surface area contributed by atoms with Crippen molar-refractivity contribution >= 4 is 5.91 Å². The third-order valence-electron chi connectivity index (χ3n) is 5.66. The number of allylic oxidation sites excluding steroid dienone is 1. The molecule has 0 aliphatic carbocycles. The number of ether oxygens (including phenoxy) is 3. The Bertz CT molecular complexity index is 1130. The van der Waals surface area contributed by atoms with Crippen LogP contribution in [0.4, 0.5) is 0 Å². The number of aliphatic hydroxyl groups excluding tert-OH is 1. The number of amides is 1. The lowest BCUT2D eigenvalue weighted by atomic mass is 10.0. The first kappa shape index (κ1) is 24.5. The maximum atomic E-state index is 13.6. The van der Waals surface area contributed by atoms with Gasteiger partial charge in [-0.3, -0.25) is 9.69 Å². The summed E-state index contributed by atoms with van der Waals surface area (Å²) in [6, 6.07) is 26.9. The molecule has 1 N–H and O–H groups in total. The maximum Gasteiger partial charge on any atom is 0.261 e. The van der Waals surface area contributed by atoms with Gasteiger partial charge in [0.05, 0.1) is 11.8 Å². The van der Waals surface area contributed by atoms with E-state index in [1.807, 2.05) is 80.6 Å². The van der Waals surface area contributed by atoms with Gasteiger partial charge in [0.2, 0.25) is 0 Å². The van der Waals surface area contributed by atoms with Crippen molar-refractivity contribution in [3.8, 4) is 5.75 Å². The van der Waals surface area contributed by atoms with E-state index in [1.165, 1.54) is 0 Å². The van der Waals surface area contributed by atoms with Crippen molar-refractivity contribution in [2.75, 3.05) is 6.73 Å². The van der Waals surface area contributed by atoms with Crippen molar-refractivity contribution in [1.82, 2.24) is 4.90 Å². The van der Waals surface area contributed by atoms with Crippen LogP contribution in [-0.4, -0.2) is 34.9 Å². The highest BCUT2D eigenvalue weighted by Crippen LogP contribution is 2.28. The number of rotatable bonds is 10. The monoisotopic (exact) mass is 473 g/mol. The molecule has 1 aliphatic heterocycles. The standard InChI is InChI=1S/C29H31NO5/c1-21(2)35-28(29(32)30-20-33-19-25(30)16-22-10-5-3-6-11-22)27(31)24-14-9-15-26(17-24)34-18-23-12-7-4-8-13-23/h3-15,17,19,21,27-28,31H,16,18,20H2,1-2H3. The van der Waals surface area contributed by atoms with E-state index < -0.39 is 12.2 Å². The maximum absolute atomic E-state index is 13.6. The van der Waals surface area contributed by atoms with Gasteiger partial charge in [0.25, 0.3) is 5.91 Å². The van der Waals surface area contributed by atoms with Crippen LogP contribution in [-0.2, 0) is 27.3 Å². The number of hydrogen-bond acceptors (Lipinski definition) is 5. The molecular weight excluding hydrogens is 442 g/mol. The summed E-state index contributed by atoms with van der Waals surface area (Å²) in [5.41, 5.74) is 3.38. The molecule has 0 aromatic heterocycles. The van der Waals surface area contributed by atoms with Crippen molar-refractivity contribution in [3.05, 3.63) is 114 Å². The summed E-state index contributed by atoms with van der Waals surface area (Å²) < 4.78 is 17.3. The third-order valence-corrected chi connectivity index (χ3v) is 5.66. The van der Waals surface area contributed by atoms with Crippen molar-refractivity contribution in [1.29, 1.82) is 0 Å². The molecule has 182 valence electrons. The normalized spacial score (nSPS) is 14.9. The van der Waals surface area contributed by atoms with Gasteiger partial charge in [0.15, 0.2) is 12.8 Å². The SMILES string of the molecule is CC(C)OC(C(=O)N1COC=C1Cc1ccccc1)C(O)c1cccc(OCc2ccccc2)c1. The third kappa shape index (κ3) is 6.50. The van der Waals surface area contributed by atoms with Crippen LogP contribution in [0.2, 0.25) is 0 Å². The van der Waals surface area contributed by atoms with Crippen LogP contribution in [0, 0.1) is 0 Å². The van der Waals surface area contributed by atoms with Crippen LogP contribution in [0.1, 0.15) is 36.6 Å². The van der Waals surface area contributed by atoms with Gasteiger partial charge in [-0.25, -0.2) is 0 Å². The molecule has 0 fully saturated rings. The second kappa shape index (κ2) is 11.7. The molecule has 35 heavy (non-hydrogen) atoms. The molecule has 3 aromatic rings. The summed E-state index contributed by atoms with van der Waals surface area (Å²) in [6.07, 6.45) is -0.396. The van der Waals surface area contributed by atoms with Gasteiger partial charge in [-0.15, -0.1) is 0 Å². The smallest absolute Gasteiger partial charge is 0.261 e. The summed E-state index contributed by atoms with van der Waals surface area (Å²) in [6.45, 7) is 4.18. The summed E-state index contributed by atoms with van der Waals surface area (Å²) >= 11 is 0. The quantitative estimate of drug-likeness (QED) is 0.449. The van der Waals surface area contributed by atoms with Crippen LogP contribution in [0.5, 0.6) is 5.75 Å². The minimum Gasteiger partial charge on any atom is -0.489 e. The molecule has 2 unspecified atom stereocenters. The summed E-state index contributed by atoms with van der Waals surface area (Å²) in [4.78, 5) is 15.1. The Morgan fingerprint density at radius 1 is 0.971 bits per heavy atom. The first-order chi connectivity index (χ1) is 17.0. The summed E-state index contributed by atoms with van der Waals surface area (Å²) in [5, 5.41) is 11.3. The number of aliphatic hydroxyl groups is 1. The van der Waals surface area contributed by atoms with E-state index in [-0.39, 0.29) is 18.7 Å². The Morgan fingerprint density at radius 3 is 2.34 bits per heavy atom. The Morgan fingerprint density at radius 2 is 1.66 bits per heavy atom. The molecule has 0 spiro atoms. The van der Waals surface area contributed by atoms with Crippen LogP contribution in [0.15, 0.2) is 96.9 Å². The largest absolute Gasteiger partial charge is 0.489 e. The molecule has 1 heterocycles. The summed E-state index contributed by atoms with van der Waals surface area (Å²) in [7, 11) is 0. The van der Waals surface area contributed by atoms with Gasteiger partial charge in [0.1, 0.15) is 24.7 Å². The molecule has 6 nitrogen and oxygen atoms in total. The first-order valence-electron chi connectivity index (χ1n) is 11.8. The fourth-order valence-corrected chi connectivity index (χ4v) is 3.92. The molecule has 1 aliphatic rings. The van der Waals surface area contributed by atoms with Crippen LogP contribution in [0.25, 0.3) is 0 Å². The molecule has 6 heteroatoms. The molecule has 2 atom stereocenters. The first-order valence-corrected chi connectivity index (χ1v) is 11.8. The molecule has 0 saturated heterocycles. The van der Waals surface area contributed by atoms with E-state index in [2.05, 4.69) is 0 Å². The van der Waals surface area contributed by atoms with Crippen LogP contribution in [0.3, 0.4) is 0 Å². The van der Waals surface area contributed by atoms with E-state index in [9.17, 15) is 9.90 Å². The Kier molecular flexibility index (Phi) is 8.19. The summed E-state index contributed by atoms with van der Waals surface area (Å²) in [5.74, 6) is 0.261. The van der Waals surface area contributed by atoms with E-state index in [4.69, 9.17) is 14.2 Å².